The number of carbonyl (C=O) groups excluding carboxylic acids is 2. The Morgan fingerprint density at radius 1 is 1.42 bits per heavy atom. The monoisotopic (exact) mass is 394 g/mol. The number of carboxylic acids is 1. The van der Waals surface area contributed by atoms with Crippen LogP contribution in [0.5, 0.6) is 0 Å². The van der Waals surface area contributed by atoms with Gasteiger partial charge in [0.05, 0.1) is 16.4 Å². The molecule has 1 saturated heterocycles. The molecule has 1 aromatic rings. The number of thioether (sulfide) groups is 1. The lowest BCUT2D eigenvalue weighted by Gasteiger charge is -2.26. The van der Waals surface area contributed by atoms with Crippen molar-refractivity contribution in [1.82, 2.24) is 4.90 Å². The lowest BCUT2D eigenvalue weighted by atomic mass is 9.81. The van der Waals surface area contributed by atoms with Gasteiger partial charge in [0.25, 0.3) is 0 Å². The number of carboxylic acid groups (broad SMARTS) is 1. The zero-order valence-electron chi connectivity index (χ0n) is 14.0. The third kappa shape index (κ3) is 2.87. The molecule has 2 amide bonds. The molecule has 8 heteroatoms. The van der Waals surface area contributed by atoms with Crippen LogP contribution in [0.2, 0.25) is 5.02 Å². The molecule has 3 aliphatic rings. The maximum atomic E-state index is 12.7. The molecule has 1 aromatic carbocycles. The smallest absolute Gasteiger partial charge is 0.311 e. The van der Waals surface area contributed by atoms with Crippen LogP contribution in [0.3, 0.4) is 0 Å². The first kappa shape index (κ1) is 17.7. The number of aliphatic carboxylic acids is 1. The number of carbonyl (C=O) groups is 3. The summed E-state index contributed by atoms with van der Waals surface area (Å²) in [6, 6.07) is 5.28. The van der Waals surface area contributed by atoms with Crippen LogP contribution in [0.4, 0.5) is 5.69 Å². The summed E-state index contributed by atoms with van der Waals surface area (Å²) in [5.41, 5.74) is -0.127. The first-order chi connectivity index (χ1) is 12.4. The maximum absolute atomic E-state index is 12.7. The number of benzene rings is 1. The van der Waals surface area contributed by atoms with Gasteiger partial charge in [-0.15, -0.1) is 11.8 Å². The Labute approximate surface area is 160 Å². The van der Waals surface area contributed by atoms with Crippen LogP contribution < -0.4 is 5.32 Å². The number of likely N-dealkylation sites (tertiary alicyclic amines) is 1. The van der Waals surface area contributed by atoms with Crippen molar-refractivity contribution >= 4 is 46.8 Å². The van der Waals surface area contributed by atoms with E-state index in [9.17, 15) is 19.5 Å². The summed E-state index contributed by atoms with van der Waals surface area (Å²) in [5.74, 6) is -1.14. The number of rotatable bonds is 3. The van der Waals surface area contributed by atoms with Gasteiger partial charge in [-0.2, -0.15) is 0 Å². The number of hydrogen-bond acceptors (Lipinski definition) is 4. The van der Waals surface area contributed by atoms with Crippen LogP contribution >= 0.6 is 23.4 Å². The number of nitrogens with one attached hydrogen (secondary N) is 1. The second-order valence-electron chi connectivity index (χ2n) is 7.27. The highest BCUT2D eigenvalue weighted by Crippen LogP contribution is 2.49. The van der Waals surface area contributed by atoms with E-state index in [1.165, 1.54) is 11.8 Å². The van der Waals surface area contributed by atoms with Gasteiger partial charge in [0.2, 0.25) is 11.8 Å². The van der Waals surface area contributed by atoms with Crippen molar-refractivity contribution in [3.8, 4) is 0 Å². The number of nitrogens with zero attached hydrogens (tertiary/aromatic N) is 1. The van der Waals surface area contributed by atoms with Crippen molar-refractivity contribution in [3.05, 3.63) is 23.2 Å². The summed E-state index contributed by atoms with van der Waals surface area (Å²) >= 11 is 7.30. The molecule has 0 bridgehead atoms. The number of halogens is 1. The van der Waals surface area contributed by atoms with Crippen LogP contribution in [-0.2, 0) is 14.4 Å². The molecule has 2 heterocycles. The quantitative estimate of drug-likeness (QED) is 0.823. The van der Waals surface area contributed by atoms with Crippen molar-refractivity contribution in [2.24, 2.45) is 11.3 Å². The first-order valence-corrected chi connectivity index (χ1v) is 9.93. The van der Waals surface area contributed by atoms with Crippen LogP contribution in [0, 0.1) is 11.3 Å². The summed E-state index contributed by atoms with van der Waals surface area (Å²) in [7, 11) is 0. The van der Waals surface area contributed by atoms with Gasteiger partial charge in [-0.1, -0.05) is 18.0 Å². The Morgan fingerprint density at radius 3 is 2.96 bits per heavy atom. The van der Waals surface area contributed by atoms with Crippen LogP contribution in [0.1, 0.15) is 25.7 Å². The molecule has 1 aliphatic carbocycles. The lowest BCUT2D eigenvalue weighted by molar-refractivity contribution is -0.149. The van der Waals surface area contributed by atoms with E-state index in [2.05, 4.69) is 5.32 Å². The Bertz CT molecular complexity index is 801. The highest BCUT2D eigenvalue weighted by molar-refractivity contribution is 8.01. The normalized spacial score (nSPS) is 29.9. The molecule has 2 N–H and O–H groups in total. The minimum atomic E-state index is -0.800. The van der Waals surface area contributed by atoms with Crippen LogP contribution in [-0.4, -0.2) is 46.1 Å². The van der Waals surface area contributed by atoms with Crippen LogP contribution in [0.15, 0.2) is 23.1 Å². The highest BCUT2D eigenvalue weighted by atomic mass is 35.5. The van der Waals surface area contributed by atoms with Gasteiger partial charge in [0.1, 0.15) is 0 Å². The fraction of sp³-hybridized carbons (Fsp3) is 0.500. The average molecular weight is 395 g/mol. The van der Waals surface area contributed by atoms with Gasteiger partial charge in [-0.05, 0) is 37.0 Å². The SMILES string of the molecule is O=C1Nc2cc(Cl)ccc2SC1CC(=O)N1C[C@@H]2CCC[C@@]2(C(=O)O)C1. The van der Waals surface area contributed by atoms with E-state index in [0.717, 1.165) is 17.7 Å². The second kappa shape index (κ2) is 6.46. The number of hydrogen-bond donors (Lipinski definition) is 2. The standard InChI is InChI=1S/C18H19ClN2O4S/c19-11-3-4-13-12(6-11)20-16(23)14(26-13)7-15(22)21-8-10-2-1-5-18(10,9-21)17(24)25/h3-4,6,10,14H,1-2,5,7-9H2,(H,20,23)(H,24,25)/t10-,14?,18+/m0/s1. The van der Waals surface area contributed by atoms with E-state index >= 15 is 0 Å². The van der Waals surface area contributed by atoms with E-state index in [0.29, 0.717) is 23.7 Å². The average Bonchev–Trinajstić information content (AvgIpc) is 3.14. The van der Waals surface area contributed by atoms with Crippen molar-refractivity contribution in [3.63, 3.8) is 0 Å². The Hall–Kier alpha value is -1.73. The van der Waals surface area contributed by atoms with Gasteiger partial charge in [-0.3, -0.25) is 14.4 Å². The van der Waals surface area contributed by atoms with Crippen molar-refractivity contribution < 1.29 is 19.5 Å². The summed E-state index contributed by atoms with van der Waals surface area (Å²) in [5, 5.41) is 12.5. The first-order valence-electron chi connectivity index (χ1n) is 8.67. The maximum Gasteiger partial charge on any atom is 0.311 e. The largest absolute Gasteiger partial charge is 0.481 e. The Kier molecular flexibility index (Phi) is 4.39. The molecule has 0 spiro atoms. The summed E-state index contributed by atoms with van der Waals surface area (Å²) < 4.78 is 0. The van der Waals surface area contributed by atoms with Crippen molar-refractivity contribution in [2.75, 3.05) is 18.4 Å². The van der Waals surface area contributed by atoms with E-state index in [1.54, 1.807) is 17.0 Å². The molecule has 0 aromatic heterocycles. The van der Waals surface area contributed by atoms with Gasteiger partial charge < -0.3 is 15.3 Å². The molecule has 2 fully saturated rings. The predicted octanol–water partition coefficient (Wildman–Crippen LogP) is 2.86. The Morgan fingerprint density at radius 2 is 2.23 bits per heavy atom. The summed E-state index contributed by atoms with van der Waals surface area (Å²) in [6.45, 7) is 0.743. The van der Waals surface area contributed by atoms with E-state index in [-0.39, 0.29) is 30.7 Å². The van der Waals surface area contributed by atoms with Crippen molar-refractivity contribution in [1.29, 1.82) is 0 Å². The number of amides is 2. The second-order valence-corrected chi connectivity index (χ2v) is 8.95. The highest BCUT2D eigenvalue weighted by Gasteiger charge is 2.55. The molecule has 138 valence electrons. The zero-order valence-corrected chi connectivity index (χ0v) is 15.6. The predicted molar refractivity (Wildman–Crippen MR) is 98.3 cm³/mol. The molecular formula is C18H19ClN2O4S. The molecule has 1 saturated carbocycles. The third-order valence-corrected chi connectivity index (χ3v) is 7.28. The molecule has 2 aliphatic heterocycles. The molecular weight excluding hydrogens is 376 g/mol. The molecule has 1 unspecified atom stereocenters. The number of fused-ring (bicyclic) bond motifs is 2. The summed E-state index contributed by atoms with van der Waals surface area (Å²) in [4.78, 5) is 39.4. The van der Waals surface area contributed by atoms with Crippen molar-refractivity contribution in [2.45, 2.75) is 35.8 Å². The van der Waals surface area contributed by atoms with Crippen LogP contribution in [0.25, 0.3) is 0 Å². The molecule has 26 heavy (non-hydrogen) atoms. The lowest BCUT2D eigenvalue weighted by Crippen LogP contribution is -2.39. The minimum Gasteiger partial charge on any atom is -0.481 e. The molecule has 3 atom stereocenters. The minimum absolute atomic E-state index is 0.0275. The van der Waals surface area contributed by atoms with Gasteiger partial charge in [-0.25, -0.2) is 0 Å². The number of anilines is 1. The van der Waals surface area contributed by atoms with E-state index < -0.39 is 16.6 Å². The van der Waals surface area contributed by atoms with Gasteiger partial charge >= 0.3 is 5.97 Å². The Balaban J connectivity index is 1.45. The van der Waals surface area contributed by atoms with Gasteiger partial charge in [0, 0.05) is 29.4 Å². The van der Waals surface area contributed by atoms with E-state index in [4.69, 9.17) is 11.6 Å². The topological polar surface area (TPSA) is 86.7 Å². The van der Waals surface area contributed by atoms with E-state index in [1.807, 2.05) is 6.07 Å². The fourth-order valence-corrected chi connectivity index (χ4v) is 5.63. The molecule has 6 nitrogen and oxygen atoms in total. The van der Waals surface area contributed by atoms with Gasteiger partial charge in [0.15, 0.2) is 0 Å². The molecule has 4 rings (SSSR count). The third-order valence-electron chi connectivity index (χ3n) is 5.77. The molecule has 0 radical (unpaired) electrons. The zero-order chi connectivity index (χ0) is 18.5. The summed E-state index contributed by atoms with van der Waals surface area (Å²) in [6.07, 6.45) is 2.45. The fourth-order valence-electron chi connectivity index (χ4n) is 4.37.